The van der Waals surface area contributed by atoms with E-state index < -0.39 is 0 Å². The summed E-state index contributed by atoms with van der Waals surface area (Å²) in [4.78, 5) is 18.6. The van der Waals surface area contributed by atoms with Crippen molar-refractivity contribution in [1.29, 1.82) is 0 Å². The second kappa shape index (κ2) is 12.0. The first kappa shape index (κ1) is 22.5. The van der Waals surface area contributed by atoms with E-state index in [0.717, 1.165) is 12.1 Å². The van der Waals surface area contributed by atoms with Crippen molar-refractivity contribution < 1.29 is 4.79 Å². The lowest BCUT2D eigenvalue weighted by Gasteiger charge is -2.22. The molecule has 0 saturated carbocycles. The summed E-state index contributed by atoms with van der Waals surface area (Å²) in [5.41, 5.74) is 2.57. The third-order valence-electron chi connectivity index (χ3n) is 3.64. The smallest absolute Gasteiger partial charge is 0.246 e. The molecule has 0 aromatic heterocycles. The van der Waals surface area contributed by atoms with Crippen molar-refractivity contribution in [3.05, 3.63) is 65.7 Å². The molecule has 0 aliphatic heterocycles. The van der Waals surface area contributed by atoms with Gasteiger partial charge in [0.05, 0.1) is 0 Å². The van der Waals surface area contributed by atoms with Crippen LogP contribution in [0.2, 0.25) is 0 Å². The van der Waals surface area contributed by atoms with Crippen molar-refractivity contribution in [3.63, 3.8) is 0 Å². The summed E-state index contributed by atoms with van der Waals surface area (Å²) in [7, 11) is 1.95. The topological polar surface area (TPSA) is 56.7 Å². The molecule has 0 saturated heterocycles. The van der Waals surface area contributed by atoms with Crippen LogP contribution in [0.1, 0.15) is 18.1 Å². The number of benzene rings is 2. The van der Waals surface area contributed by atoms with Crippen LogP contribution in [-0.2, 0) is 11.3 Å². The van der Waals surface area contributed by atoms with E-state index in [0.29, 0.717) is 18.2 Å². The third-order valence-corrected chi connectivity index (χ3v) is 3.64. The van der Waals surface area contributed by atoms with Crippen LogP contribution in [0.5, 0.6) is 0 Å². The standard InChI is InChI=1S/C21H24N4O.HI/c1-4-17-12-9-13-19(14-17)24-20(26)15-23-21(22-5-2)25(3)16-18-10-7-6-8-11-18;/h1,6-14H,5,15-16H2,2-3H3,(H,22,23)(H,24,26);1H. The molecule has 27 heavy (non-hydrogen) atoms. The lowest BCUT2D eigenvalue weighted by molar-refractivity contribution is -0.114. The zero-order valence-electron chi connectivity index (χ0n) is 15.6. The van der Waals surface area contributed by atoms with Gasteiger partial charge < -0.3 is 15.5 Å². The molecule has 0 atom stereocenters. The van der Waals surface area contributed by atoms with E-state index in [1.807, 2.05) is 49.2 Å². The number of hydrogen-bond donors (Lipinski definition) is 2. The molecular formula is C21H25IN4O. The van der Waals surface area contributed by atoms with Gasteiger partial charge in [-0.2, -0.15) is 0 Å². The molecule has 0 bridgehead atoms. The van der Waals surface area contributed by atoms with Crippen molar-refractivity contribution in [3.8, 4) is 12.3 Å². The van der Waals surface area contributed by atoms with Crippen molar-refractivity contribution in [2.45, 2.75) is 13.5 Å². The first-order valence-corrected chi connectivity index (χ1v) is 8.52. The first-order valence-electron chi connectivity index (χ1n) is 8.52. The number of aliphatic imine (C=N–C) groups is 1. The van der Waals surface area contributed by atoms with Crippen LogP contribution in [-0.4, -0.2) is 36.9 Å². The predicted octanol–water partition coefficient (Wildman–Crippen LogP) is 3.32. The molecule has 2 N–H and O–H groups in total. The molecule has 6 heteroatoms. The van der Waals surface area contributed by atoms with Crippen LogP contribution < -0.4 is 10.6 Å². The molecule has 2 aromatic carbocycles. The highest BCUT2D eigenvalue weighted by Gasteiger charge is 2.08. The van der Waals surface area contributed by atoms with E-state index in [2.05, 4.69) is 33.7 Å². The minimum atomic E-state index is -0.192. The number of terminal acetylenes is 1. The number of carbonyl (C=O) groups is 1. The Hall–Kier alpha value is -2.53. The Morgan fingerprint density at radius 3 is 2.59 bits per heavy atom. The van der Waals surface area contributed by atoms with Crippen molar-refractivity contribution in [1.82, 2.24) is 10.2 Å². The second-order valence-electron chi connectivity index (χ2n) is 5.79. The summed E-state index contributed by atoms with van der Waals surface area (Å²) in [5, 5.41) is 6.02. The van der Waals surface area contributed by atoms with E-state index in [1.165, 1.54) is 5.56 Å². The zero-order chi connectivity index (χ0) is 18.8. The number of carbonyl (C=O) groups excluding carboxylic acids is 1. The number of hydrogen-bond acceptors (Lipinski definition) is 2. The summed E-state index contributed by atoms with van der Waals surface area (Å²) < 4.78 is 0. The number of anilines is 1. The van der Waals surface area contributed by atoms with Crippen molar-refractivity contribution in [2.75, 3.05) is 25.5 Å². The Morgan fingerprint density at radius 2 is 1.93 bits per heavy atom. The SMILES string of the molecule is C#Cc1cccc(NC(=O)CN=C(NCC)N(C)Cc2ccccc2)c1.I. The molecule has 0 fully saturated rings. The maximum atomic E-state index is 12.2. The molecule has 0 aliphatic carbocycles. The Labute approximate surface area is 178 Å². The van der Waals surface area contributed by atoms with Crippen LogP contribution in [0.15, 0.2) is 59.6 Å². The fourth-order valence-corrected chi connectivity index (χ4v) is 2.44. The highest BCUT2D eigenvalue weighted by molar-refractivity contribution is 14.0. The molecule has 0 radical (unpaired) electrons. The van der Waals surface area contributed by atoms with Crippen LogP contribution in [0, 0.1) is 12.3 Å². The first-order chi connectivity index (χ1) is 12.6. The average Bonchev–Trinajstić information content (AvgIpc) is 2.66. The summed E-state index contributed by atoms with van der Waals surface area (Å²) in [6.45, 7) is 3.46. The number of guanidine groups is 1. The molecule has 0 heterocycles. The maximum absolute atomic E-state index is 12.2. The number of nitrogens with zero attached hydrogens (tertiary/aromatic N) is 2. The van der Waals surface area contributed by atoms with E-state index in [9.17, 15) is 4.79 Å². The Balaban J connectivity index is 0.00000364. The van der Waals surface area contributed by atoms with Gasteiger partial charge in [-0.25, -0.2) is 4.99 Å². The quantitative estimate of drug-likeness (QED) is 0.291. The summed E-state index contributed by atoms with van der Waals surface area (Å²) in [6, 6.07) is 17.3. The third kappa shape index (κ3) is 7.71. The fourth-order valence-electron chi connectivity index (χ4n) is 2.44. The van der Waals surface area contributed by atoms with Crippen molar-refractivity contribution >= 4 is 41.5 Å². The normalized spacial score (nSPS) is 10.3. The van der Waals surface area contributed by atoms with Crippen LogP contribution in [0.25, 0.3) is 0 Å². The van der Waals surface area contributed by atoms with Crippen LogP contribution in [0.3, 0.4) is 0 Å². The molecule has 1 amide bonds. The fraction of sp³-hybridized carbons (Fsp3) is 0.238. The summed E-state index contributed by atoms with van der Waals surface area (Å²) >= 11 is 0. The van der Waals surface area contributed by atoms with Gasteiger partial charge in [-0.1, -0.05) is 42.3 Å². The van der Waals surface area contributed by atoms with Crippen LogP contribution >= 0.6 is 24.0 Å². The summed E-state index contributed by atoms with van der Waals surface area (Å²) in [5.74, 6) is 3.04. The number of amides is 1. The molecule has 142 valence electrons. The largest absolute Gasteiger partial charge is 0.357 e. The van der Waals surface area contributed by atoms with E-state index in [-0.39, 0.29) is 36.4 Å². The lowest BCUT2D eigenvalue weighted by Crippen LogP contribution is -2.39. The summed E-state index contributed by atoms with van der Waals surface area (Å²) in [6.07, 6.45) is 5.38. The van der Waals surface area contributed by atoms with Crippen LogP contribution in [0.4, 0.5) is 5.69 Å². The van der Waals surface area contributed by atoms with Gasteiger partial charge >= 0.3 is 0 Å². The van der Waals surface area contributed by atoms with Gasteiger partial charge in [0.25, 0.3) is 0 Å². The zero-order valence-corrected chi connectivity index (χ0v) is 17.9. The van der Waals surface area contributed by atoms with Gasteiger partial charge in [0.15, 0.2) is 5.96 Å². The molecule has 5 nitrogen and oxygen atoms in total. The molecule has 2 rings (SSSR count). The number of halogens is 1. The molecule has 0 spiro atoms. The number of nitrogens with one attached hydrogen (secondary N) is 2. The lowest BCUT2D eigenvalue weighted by atomic mass is 10.2. The highest BCUT2D eigenvalue weighted by Crippen LogP contribution is 2.09. The van der Waals surface area contributed by atoms with E-state index in [4.69, 9.17) is 6.42 Å². The van der Waals surface area contributed by atoms with Gasteiger partial charge in [-0.15, -0.1) is 30.4 Å². The van der Waals surface area contributed by atoms with E-state index >= 15 is 0 Å². The minimum Gasteiger partial charge on any atom is -0.357 e. The van der Waals surface area contributed by atoms with Gasteiger partial charge in [-0.05, 0) is 30.7 Å². The maximum Gasteiger partial charge on any atom is 0.246 e. The van der Waals surface area contributed by atoms with Gasteiger partial charge in [-0.3, -0.25) is 4.79 Å². The van der Waals surface area contributed by atoms with Gasteiger partial charge in [0, 0.05) is 31.4 Å². The highest BCUT2D eigenvalue weighted by atomic mass is 127. The van der Waals surface area contributed by atoms with Gasteiger partial charge in [0.1, 0.15) is 6.54 Å². The molecule has 0 unspecified atom stereocenters. The van der Waals surface area contributed by atoms with Gasteiger partial charge in [0.2, 0.25) is 5.91 Å². The number of rotatable bonds is 6. The Kier molecular flexibility index (Phi) is 9.98. The van der Waals surface area contributed by atoms with Crippen molar-refractivity contribution in [2.24, 2.45) is 4.99 Å². The average molecular weight is 476 g/mol. The molecule has 2 aromatic rings. The monoisotopic (exact) mass is 476 g/mol. The molecular weight excluding hydrogens is 451 g/mol. The Morgan fingerprint density at radius 1 is 1.19 bits per heavy atom. The van der Waals surface area contributed by atoms with E-state index in [1.54, 1.807) is 12.1 Å². The second-order valence-corrected chi connectivity index (χ2v) is 5.79. The minimum absolute atomic E-state index is 0. The molecule has 0 aliphatic rings. The Bertz CT molecular complexity index is 799. The predicted molar refractivity (Wildman–Crippen MR) is 122 cm³/mol.